The number of cyclic esters (lactones) is 1. The first-order valence-electron chi connectivity index (χ1n) is 15.6. The third kappa shape index (κ3) is 5.57. The molecular weight excluding hydrogens is 574 g/mol. The first kappa shape index (κ1) is 30.7. The Labute approximate surface area is 262 Å². The zero-order chi connectivity index (χ0) is 31.7. The summed E-state index contributed by atoms with van der Waals surface area (Å²) in [5.41, 5.74) is 1.89. The second-order valence-electron chi connectivity index (χ2n) is 12.2. The zero-order valence-corrected chi connectivity index (χ0v) is 25.6. The van der Waals surface area contributed by atoms with Gasteiger partial charge in [-0.1, -0.05) is 66.8 Å². The summed E-state index contributed by atoms with van der Waals surface area (Å²) in [4.78, 5) is 59.0. The van der Waals surface area contributed by atoms with Gasteiger partial charge in [-0.25, -0.2) is 0 Å². The molecule has 236 valence electrons. The minimum Gasteiger partial charge on any atom is -0.455 e. The fourth-order valence-electron chi connectivity index (χ4n) is 7.08. The number of amides is 3. The van der Waals surface area contributed by atoms with E-state index in [9.17, 15) is 24.3 Å². The van der Waals surface area contributed by atoms with Gasteiger partial charge in [0.1, 0.15) is 23.7 Å². The molecule has 6 atom stereocenters. The van der Waals surface area contributed by atoms with E-state index in [1.54, 1.807) is 17.1 Å². The van der Waals surface area contributed by atoms with Crippen LogP contribution in [0.25, 0.3) is 0 Å². The number of carbonyl (C=O) groups is 4. The number of hydrogen-bond donors (Lipinski definition) is 2. The number of fused-ring (bicyclic) bond motifs is 2. The maximum absolute atomic E-state index is 14.8. The van der Waals surface area contributed by atoms with Crippen LogP contribution in [-0.4, -0.2) is 77.7 Å². The predicted molar refractivity (Wildman–Crippen MR) is 166 cm³/mol. The van der Waals surface area contributed by atoms with Crippen molar-refractivity contribution in [2.45, 2.75) is 57.0 Å². The largest absolute Gasteiger partial charge is 0.455 e. The number of carbonyl (C=O) groups excluding carboxylic acids is 4. The molecule has 6 rings (SSSR count). The maximum Gasteiger partial charge on any atom is 0.313 e. The number of likely N-dealkylation sites (tertiary alicyclic amines) is 1. The number of ether oxygens (including phenoxy) is 2. The highest BCUT2D eigenvalue weighted by molar-refractivity contribution is 6.05. The van der Waals surface area contributed by atoms with Crippen molar-refractivity contribution in [3.8, 4) is 0 Å². The molecule has 0 aliphatic carbocycles. The lowest BCUT2D eigenvalue weighted by Crippen LogP contribution is -2.56. The third-order valence-electron chi connectivity index (χ3n) is 9.27. The summed E-state index contributed by atoms with van der Waals surface area (Å²) in [6.45, 7) is 4.12. The lowest BCUT2D eigenvalue weighted by atomic mass is 9.74. The summed E-state index contributed by atoms with van der Waals surface area (Å²) in [5.74, 6) is -3.50. The van der Waals surface area contributed by atoms with E-state index in [0.717, 1.165) is 11.1 Å². The van der Waals surface area contributed by atoms with Gasteiger partial charge in [0.2, 0.25) is 11.8 Å². The lowest BCUT2D eigenvalue weighted by molar-refractivity contribution is -0.159. The molecule has 4 aliphatic heterocycles. The van der Waals surface area contributed by atoms with Crippen LogP contribution in [0.1, 0.15) is 42.1 Å². The van der Waals surface area contributed by atoms with E-state index in [4.69, 9.17) is 9.47 Å². The SMILES string of the molecule is Cc1ccc(C)c(N2C/C=C\CCC(=O)NC[C@H](c3ccccc3)OC(=O)[C@@H]3[C@H]4C(=O)N(CCCO)[C@H](C2=O)[C@]42C=C[C@H]3O2)c1. The Bertz CT molecular complexity index is 1540. The number of anilines is 1. The summed E-state index contributed by atoms with van der Waals surface area (Å²) in [7, 11) is 0. The molecule has 4 aliphatic rings. The average molecular weight is 614 g/mol. The molecule has 0 unspecified atom stereocenters. The van der Waals surface area contributed by atoms with Crippen molar-refractivity contribution in [2.75, 3.05) is 31.1 Å². The molecule has 45 heavy (non-hydrogen) atoms. The van der Waals surface area contributed by atoms with Gasteiger partial charge >= 0.3 is 5.97 Å². The zero-order valence-electron chi connectivity index (χ0n) is 25.6. The van der Waals surface area contributed by atoms with Gasteiger partial charge in [-0.3, -0.25) is 19.2 Å². The highest BCUT2D eigenvalue weighted by Crippen LogP contribution is 2.56. The second kappa shape index (κ2) is 12.6. The van der Waals surface area contributed by atoms with Crippen molar-refractivity contribution in [1.29, 1.82) is 0 Å². The number of nitrogens with zero attached hydrogens (tertiary/aromatic N) is 2. The molecule has 0 saturated carbocycles. The van der Waals surface area contributed by atoms with Crippen molar-refractivity contribution >= 4 is 29.4 Å². The van der Waals surface area contributed by atoms with Gasteiger partial charge in [-0.15, -0.1) is 0 Å². The number of aliphatic hydroxyl groups excluding tert-OH is 1. The van der Waals surface area contributed by atoms with E-state index in [2.05, 4.69) is 5.32 Å². The molecular formula is C35H39N3O7. The minimum atomic E-state index is -1.37. The van der Waals surface area contributed by atoms with E-state index in [1.165, 1.54) is 4.90 Å². The number of aliphatic hydroxyl groups is 1. The van der Waals surface area contributed by atoms with Gasteiger partial charge in [0, 0.05) is 31.8 Å². The molecule has 10 nitrogen and oxygen atoms in total. The predicted octanol–water partition coefficient (Wildman–Crippen LogP) is 2.92. The van der Waals surface area contributed by atoms with Crippen molar-refractivity contribution < 1.29 is 33.8 Å². The Hall–Kier alpha value is -4.28. The molecule has 1 spiro atoms. The smallest absolute Gasteiger partial charge is 0.313 e. The van der Waals surface area contributed by atoms with Crippen LogP contribution >= 0.6 is 0 Å². The average Bonchev–Trinajstić information content (AvgIpc) is 3.68. The van der Waals surface area contributed by atoms with E-state index >= 15 is 0 Å². The number of nitrogens with one attached hydrogen (secondary N) is 1. The molecule has 2 saturated heterocycles. The molecule has 0 aromatic heterocycles. The molecule has 2 aromatic rings. The standard InChI is InChI=1S/C35H39N3O7/c1-22-13-14-23(2)25(20-22)37-17-8-4-7-12-28(40)36-21-27(24-10-5-3-6-11-24)44-34(43)29-26-15-16-35(45-26)30(29)32(41)38(18-9-19-39)31(35)33(37)42/h3-6,8,10-11,13-16,20,26-27,29-31,39H,7,9,12,17-19,21H2,1-2H3,(H,36,40)/b8-4-/t26-,27-,29+,30+,31-,35+/m1/s1. The Morgan fingerprint density at radius 1 is 1.02 bits per heavy atom. The molecule has 2 fully saturated rings. The van der Waals surface area contributed by atoms with E-state index in [-0.39, 0.29) is 56.8 Å². The van der Waals surface area contributed by atoms with Crippen LogP contribution in [0.2, 0.25) is 0 Å². The van der Waals surface area contributed by atoms with Gasteiger partial charge in [0.15, 0.2) is 0 Å². The first-order chi connectivity index (χ1) is 21.7. The molecule has 10 heteroatoms. The number of rotatable bonds is 5. The number of benzene rings is 2. The highest BCUT2D eigenvalue weighted by atomic mass is 16.6. The molecule has 2 aromatic carbocycles. The summed E-state index contributed by atoms with van der Waals surface area (Å²) < 4.78 is 12.6. The Balaban J connectivity index is 1.44. The van der Waals surface area contributed by atoms with Gasteiger partial charge < -0.3 is 29.7 Å². The second-order valence-corrected chi connectivity index (χ2v) is 12.2. The molecule has 4 heterocycles. The topological polar surface area (TPSA) is 125 Å². The first-order valence-corrected chi connectivity index (χ1v) is 15.6. The lowest BCUT2D eigenvalue weighted by Gasteiger charge is -2.36. The van der Waals surface area contributed by atoms with Crippen LogP contribution in [0.3, 0.4) is 0 Å². The summed E-state index contributed by atoms with van der Waals surface area (Å²) in [6, 6.07) is 14.0. The molecule has 2 N–H and O–H groups in total. The maximum atomic E-state index is 14.8. The van der Waals surface area contributed by atoms with Gasteiger partial charge in [0.25, 0.3) is 5.91 Å². The van der Waals surface area contributed by atoms with Crippen LogP contribution in [0.15, 0.2) is 72.8 Å². The van der Waals surface area contributed by atoms with Crippen LogP contribution in [0.4, 0.5) is 5.69 Å². The van der Waals surface area contributed by atoms with Crippen molar-refractivity contribution in [3.63, 3.8) is 0 Å². The van der Waals surface area contributed by atoms with Gasteiger partial charge in [-0.2, -0.15) is 0 Å². The van der Waals surface area contributed by atoms with Crippen LogP contribution < -0.4 is 10.2 Å². The Morgan fingerprint density at radius 2 is 1.82 bits per heavy atom. The monoisotopic (exact) mass is 613 g/mol. The third-order valence-corrected chi connectivity index (χ3v) is 9.27. The fraction of sp³-hybridized carbons (Fsp3) is 0.429. The van der Waals surface area contributed by atoms with Gasteiger partial charge in [0.05, 0.1) is 18.6 Å². The van der Waals surface area contributed by atoms with E-state index < -0.39 is 41.7 Å². The minimum absolute atomic E-state index is 0.0697. The number of esters is 1. The molecule has 5 bridgehead atoms. The number of hydrogen-bond acceptors (Lipinski definition) is 7. The van der Waals surface area contributed by atoms with Crippen LogP contribution in [-0.2, 0) is 28.7 Å². The Kier molecular flexibility index (Phi) is 8.61. The normalized spacial score (nSPS) is 30.8. The van der Waals surface area contributed by atoms with Crippen molar-refractivity contribution in [3.05, 3.63) is 89.5 Å². The van der Waals surface area contributed by atoms with Crippen LogP contribution in [0.5, 0.6) is 0 Å². The van der Waals surface area contributed by atoms with Crippen LogP contribution in [0, 0.1) is 25.7 Å². The van der Waals surface area contributed by atoms with Crippen molar-refractivity contribution in [2.24, 2.45) is 11.8 Å². The number of aryl methyl sites for hydroxylation is 2. The highest BCUT2D eigenvalue weighted by Gasteiger charge is 2.73. The molecule has 3 amide bonds. The Morgan fingerprint density at radius 3 is 2.60 bits per heavy atom. The van der Waals surface area contributed by atoms with Crippen molar-refractivity contribution in [1.82, 2.24) is 10.2 Å². The fourth-order valence-corrected chi connectivity index (χ4v) is 7.08. The van der Waals surface area contributed by atoms with E-state index in [1.807, 2.05) is 74.5 Å². The van der Waals surface area contributed by atoms with E-state index in [0.29, 0.717) is 17.7 Å². The quantitative estimate of drug-likeness (QED) is 0.393. The summed E-state index contributed by atoms with van der Waals surface area (Å²) in [5, 5.41) is 12.6. The molecule has 0 radical (unpaired) electrons. The summed E-state index contributed by atoms with van der Waals surface area (Å²) >= 11 is 0. The van der Waals surface area contributed by atoms with Gasteiger partial charge in [-0.05, 0) is 49.4 Å². The summed E-state index contributed by atoms with van der Waals surface area (Å²) in [6.07, 6.45) is 6.65. The number of allylic oxidation sites excluding steroid dienone is 1.